The lowest BCUT2D eigenvalue weighted by Crippen LogP contribution is -2.55. The van der Waals surface area contributed by atoms with Gasteiger partial charge in [0.15, 0.2) is 0 Å². The maximum atomic E-state index is 13.5. The summed E-state index contributed by atoms with van der Waals surface area (Å²) < 4.78 is 5.84. The SMILES string of the molecule is O=C(N[C@H](c1ccccn1)C1CCCC1)c1ccc2[nH]nc(-c3ccc(N4[C@@H]5CCC[C@H]4COC5)cc3)c2c1. The highest BCUT2D eigenvalue weighted by Gasteiger charge is 2.34. The average molecular weight is 522 g/mol. The van der Waals surface area contributed by atoms with E-state index in [9.17, 15) is 4.79 Å². The predicted octanol–water partition coefficient (Wildman–Crippen LogP) is 6.04. The fourth-order valence-corrected chi connectivity index (χ4v) is 6.93. The van der Waals surface area contributed by atoms with Gasteiger partial charge in [-0.05, 0) is 80.5 Å². The first-order valence-electron chi connectivity index (χ1n) is 14.4. The highest BCUT2D eigenvalue weighted by atomic mass is 16.5. The number of fused-ring (bicyclic) bond motifs is 3. The molecule has 0 unspecified atom stereocenters. The van der Waals surface area contributed by atoms with E-state index in [1.165, 1.54) is 37.8 Å². The number of nitrogens with one attached hydrogen (secondary N) is 2. The number of carbonyl (C=O) groups is 1. The molecule has 4 heterocycles. The lowest BCUT2D eigenvalue weighted by Gasteiger charge is -2.47. The molecule has 2 aliphatic heterocycles. The van der Waals surface area contributed by atoms with Crippen LogP contribution < -0.4 is 10.2 Å². The van der Waals surface area contributed by atoms with E-state index in [1.807, 2.05) is 42.6 Å². The van der Waals surface area contributed by atoms with Gasteiger partial charge < -0.3 is 15.0 Å². The number of pyridine rings is 1. The van der Waals surface area contributed by atoms with Gasteiger partial charge in [0, 0.05) is 28.4 Å². The molecule has 39 heavy (non-hydrogen) atoms. The Hall–Kier alpha value is -3.71. The molecule has 2 bridgehead atoms. The maximum Gasteiger partial charge on any atom is 0.251 e. The first-order chi connectivity index (χ1) is 19.2. The number of H-pyrrole nitrogens is 1. The number of anilines is 1. The van der Waals surface area contributed by atoms with Crippen LogP contribution in [-0.4, -0.2) is 46.4 Å². The summed E-state index contributed by atoms with van der Waals surface area (Å²) in [5, 5.41) is 12.1. The number of ether oxygens (including phenoxy) is 1. The third-order valence-corrected chi connectivity index (χ3v) is 8.91. The molecular formula is C32H35N5O2. The minimum atomic E-state index is -0.0760. The summed E-state index contributed by atoms with van der Waals surface area (Å²) in [6.07, 6.45) is 10.1. The Morgan fingerprint density at radius 1 is 0.949 bits per heavy atom. The van der Waals surface area contributed by atoms with Crippen molar-refractivity contribution in [2.24, 2.45) is 5.92 Å². The van der Waals surface area contributed by atoms with E-state index >= 15 is 0 Å². The number of nitrogens with zero attached hydrogens (tertiary/aromatic N) is 3. The zero-order valence-corrected chi connectivity index (χ0v) is 22.2. The van der Waals surface area contributed by atoms with Gasteiger partial charge in [-0.2, -0.15) is 5.10 Å². The summed E-state index contributed by atoms with van der Waals surface area (Å²) in [5.41, 5.74) is 5.66. The molecule has 2 aromatic carbocycles. The van der Waals surface area contributed by atoms with Crippen LogP contribution in [0.25, 0.3) is 22.2 Å². The summed E-state index contributed by atoms with van der Waals surface area (Å²) in [5.74, 6) is 0.349. The number of hydrogen-bond donors (Lipinski definition) is 2. The number of piperidine rings is 1. The molecule has 1 amide bonds. The van der Waals surface area contributed by atoms with Gasteiger partial charge in [-0.25, -0.2) is 0 Å². The Bertz CT molecular complexity index is 1420. The monoisotopic (exact) mass is 521 g/mol. The van der Waals surface area contributed by atoms with E-state index in [4.69, 9.17) is 4.74 Å². The van der Waals surface area contributed by atoms with Crippen molar-refractivity contribution in [3.63, 3.8) is 0 Å². The predicted molar refractivity (Wildman–Crippen MR) is 153 cm³/mol. The van der Waals surface area contributed by atoms with Gasteiger partial charge in [0.05, 0.1) is 48.2 Å². The van der Waals surface area contributed by atoms with Gasteiger partial charge in [-0.15, -0.1) is 0 Å². The highest BCUT2D eigenvalue weighted by Crippen LogP contribution is 2.36. The number of aromatic nitrogens is 3. The third kappa shape index (κ3) is 4.69. The first kappa shape index (κ1) is 24.3. The summed E-state index contributed by atoms with van der Waals surface area (Å²) in [7, 11) is 0. The van der Waals surface area contributed by atoms with Crippen molar-refractivity contribution in [2.75, 3.05) is 18.1 Å². The normalized spacial score (nSPS) is 22.2. The van der Waals surface area contributed by atoms with Gasteiger partial charge in [0.1, 0.15) is 0 Å². The molecule has 0 spiro atoms. The second-order valence-electron chi connectivity index (χ2n) is 11.3. The topological polar surface area (TPSA) is 83.1 Å². The molecule has 3 atom stereocenters. The fourth-order valence-electron chi connectivity index (χ4n) is 6.93. The molecule has 7 heteroatoms. The molecule has 7 rings (SSSR count). The molecule has 3 aliphatic rings. The summed E-state index contributed by atoms with van der Waals surface area (Å²) in [4.78, 5) is 20.7. The van der Waals surface area contributed by atoms with Crippen LogP contribution in [0, 0.1) is 5.92 Å². The van der Waals surface area contributed by atoms with E-state index in [-0.39, 0.29) is 11.9 Å². The second kappa shape index (κ2) is 10.5. The Balaban J connectivity index is 1.15. The van der Waals surface area contributed by atoms with Gasteiger partial charge in [0.2, 0.25) is 0 Å². The molecule has 1 aliphatic carbocycles. The largest absolute Gasteiger partial charge is 0.377 e. The second-order valence-corrected chi connectivity index (χ2v) is 11.3. The van der Waals surface area contributed by atoms with E-state index in [0.717, 1.165) is 53.9 Å². The molecule has 2 N–H and O–H groups in total. The Morgan fingerprint density at radius 2 is 1.74 bits per heavy atom. The summed E-state index contributed by atoms with van der Waals surface area (Å²) in [6, 6.07) is 21.3. The number of carbonyl (C=O) groups excluding carboxylic acids is 1. The lowest BCUT2D eigenvalue weighted by molar-refractivity contribution is 0.0463. The molecule has 2 saturated heterocycles. The van der Waals surface area contributed by atoms with Gasteiger partial charge >= 0.3 is 0 Å². The molecule has 3 fully saturated rings. The van der Waals surface area contributed by atoms with E-state index < -0.39 is 0 Å². The van der Waals surface area contributed by atoms with E-state index in [1.54, 1.807) is 0 Å². The molecule has 1 saturated carbocycles. The molecule has 7 nitrogen and oxygen atoms in total. The number of rotatable bonds is 6. The highest BCUT2D eigenvalue weighted by molar-refractivity contribution is 6.01. The first-order valence-corrected chi connectivity index (χ1v) is 14.4. The number of amides is 1. The Kier molecular flexibility index (Phi) is 6.52. The van der Waals surface area contributed by atoms with Crippen LogP contribution in [0.1, 0.15) is 67.0 Å². The van der Waals surface area contributed by atoms with Crippen molar-refractivity contribution in [2.45, 2.75) is 63.1 Å². The maximum absolute atomic E-state index is 13.5. The fraction of sp³-hybridized carbons (Fsp3) is 0.406. The number of morpholine rings is 1. The van der Waals surface area contributed by atoms with Crippen LogP contribution in [0.3, 0.4) is 0 Å². The van der Waals surface area contributed by atoms with Gasteiger partial charge in [-0.3, -0.25) is 14.9 Å². The van der Waals surface area contributed by atoms with E-state index in [0.29, 0.717) is 23.6 Å². The van der Waals surface area contributed by atoms with Crippen LogP contribution in [0.2, 0.25) is 0 Å². The van der Waals surface area contributed by atoms with Crippen LogP contribution in [-0.2, 0) is 4.74 Å². The number of aromatic amines is 1. The van der Waals surface area contributed by atoms with Crippen LogP contribution in [0.15, 0.2) is 66.9 Å². The third-order valence-electron chi connectivity index (χ3n) is 8.91. The zero-order chi connectivity index (χ0) is 26.2. The quantitative estimate of drug-likeness (QED) is 0.323. The van der Waals surface area contributed by atoms with Crippen molar-refractivity contribution in [3.05, 3.63) is 78.1 Å². The van der Waals surface area contributed by atoms with Crippen molar-refractivity contribution in [3.8, 4) is 11.3 Å². The van der Waals surface area contributed by atoms with Crippen LogP contribution >= 0.6 is 0 Å². The number of benzene rings is 2. The standard InChI is InChI=1S/C32H35N5O2/c38-32(34-31(21-6-1-2-7-21)29-10-3-4-17-33-29)23-13-16-28-27(18-23)30(36-35-28)22-11-14-24(15-12-22)37-25-8-5-9-26(37)20-39-19-25/h3-4,10-18,21,25-26,31H,1-2,5-9,19-20H2,(H,34,38)(H,35,36)/t25-,26+,31-/m0/s1. The summed E-state index contributed by atoms with van der Waals surface area (Å²) >= 11 is 0. The van der Waals surface area contributed by atoms with E-state index in [2.05, 4.69) is 49.7 Å². The van der Waals surface area contributed by atoms with Crippen LogP contribution in [0.4, 0.5) is 5.69 Å². The minimum absolute atomic E-state index is 0.0687. The molecular weight excluding hydrogens is 486 g/mol. The van der Waals surface area contributed by atoms with Crippen molar-refractivity contribution < 1.29 is 9.53 Å². The minimum Gasteiger partial charge on any atom is -0.377 e. The van der Waals surface area contributed by atoms with Crippen molar-refractivity contribution in [1.29, 1.82) is 0 Å². The zero-order valence-electron chi connectivity index (χ0n) is 22.2. The lowest BCUT2D eigenvalue weighted by atomic mass is 9.93. The van der Waals surface area contributed by atoms with Gasteiger partial charge in [-0.1, -0.05) is 31.0 Å². The van der Waals surface area contributed by atoms with Gasteiger partial charge in [0.25, 0.3) is 5.91 Å². The summed E-state index contributed by atoms with van der Waals surface area (Å²) in [6.45, 7) is 1.63. The number of hydrogen-bond acceptors (Lipinski definition) is 5. The smallest absolute Gasteiger partial charge is 0.251 e. The van der Waals surface area contributed by atoms with Crippen molar-refractivity contribution in [1.82, 2.24) is 20.5 Å². The average Bonchev–Trinajstić information content (AvgIpc) is 3.66. The molecule has 200 valence electrons. The Morgan fingerprint density at radius 3 is 2.49 bits per heavy atom. The van der Waals surface area contributed by atoms with Crippen LogP contribution in [0.5, 0.6) is 0 Å². The molecule has 2 aromatic heterocycles. The molecule has 4 aromatic rings. The molecule has 0 radical (unpaired) electrons. The van der Waals surface area contributed by atoms with Crippen molar-refractivity contribution >= 4 is 22.5 Å². The Labute approximate surface area is 229 Å².